The minimum atomic E-state index is -3.88. The number of aryl methyl sites for hydroxylation is 2. The van der Waals surface area contributed by atoms with Crippen molar-refractivity contribution in [3.05, 3.63) is 70.8 Å². The first kappa shape index (κ1) is 22.7. The maximum atomic E-state index is 12.4. The molecule has 0 spiro atoms. The van der Waals surface area contributed by atoms with Crippen LogP contribution in [0.25, 0.3) is 0 Å². The first-order valence-corrected chi connectivity index (χ1v) is 12.4. The molecule has 0 bridgehead atoms. The highest BCUT2D eigenvalue weighted by atomic mass is 32.2. The topological polar surface area (TPSA) is 86.7 Å². The molecule has 2 aromatic rings. The van der Waals surface area contributed by atoms with E-state index in [1.165, 1.54) is 24.3 Å². The molecule has 1 aliphatic carbocycles. The van der Waals surface area contributed by atoms with Crippen molar-refractivity contribution in [3.63, 3.8) is 0 Å². The Morgan fingerprint density at radius 3 is 1.20 bits per heavy atom. The van der Waals surface area contributed by atoms with E-state index in [4.69, 9.17) is 8.37 Å². The zero-order chi connectivity index (χ0) is 22.1. The number of hydrogen-bond acceptors (Lipinski definition) is 6. The third-order valence-electron chi connectivity index (χ3n) is 5.64. The van der Waals surface area contributed by atoms with Crippen LogP contribution >= 0.6 is 0 Å². The van der Waals surface area contributed by atoms with Crippen LogP contribution in [0.2, 0.25) is 0 Å². The molecule has 6 nitrogen and oxygen atoms in total. The van der Waals surface area contributed by atoms with E-state index in [1.54, 1.807) is 24.3 Å². The van der Waals surface area contributed by atoms with E-state index in [-0.39, 0.29) is 34.8 Å². The summed E-state index contributed by atoms with van der Waals surface area (Å²) in [4.78, 5) is 0.195. The molecular formula is C22H26O6S2. The number of hydrogen-bond donors (Lipinski definition) is 0. The zero-order valence-electron chi connectivity index (χ0n) is 17.5. The maximum absolute atomic E-state index is 12.4. The summed E-state index contributed by atoms with van der Waals surface area (Å²) in [7, 11) is -7.77. The van der Waals surface area contributed by atoms with E-state index >= 15 is 0 Å². The second-order valence-corrected chi connectivity index (χ2v) is 10.9. The normalized spacial score (nSPS) is 19.6. The monoisotopic (exact) mass is 450 g/mol. The van der Waals surface area contributed by atoms with Crippen LogP contribution in [0.3, 0.4) is 0 Å². The quantitative estimate of drug-likeness (QED) is 0.446. The largest absolute Gasteiger partial charge is 0.296 e. The molecule has 0 aromatic heterocycles. The first-order chi connectivity index (χ1) is 14.0. The van der Waals surface area contributed by atoms with Crippen molar-refractivity contribution in [1.29, 1.82) is 0 Å². The highest BCUT2D eigenvalue weighted by Gasteiger charge is 2.38. The Morgan fingerprint density at radius 2 is 0.900 bits per heavy atom. The Labute approximate surface area is 178 Å². The molecule has 0 saturated carbocycles. The molecule has 0 heterocycles. The van der Waals surface area contributed by atoms with Gasteiger partial charge in [0.05, 0.1) is 23.0 Å². The molecule has 1 aliphatic rings. The van der Waals surface area contributed by atoms with Gasteiger partial charge in [-0.1, -0.05) is 46.5 Å². The SMILES string of the molecule is CC1=C(C)C(COS(=O)(=O)c2ccc(C)cc2)C1COS(=O)(=O)c1ccc(C)cc1. The number of rotatable bonds is 8. The molecule has 0 fully saturated rings. The molecule has 2 aromatic carbocycles. The van der Waals surface area contributed by atoms with Crippen LogP contribution in [0.15, 0.2) is 69.5 Å². The van der Waals surface area contributed by atoms with E-state index in [1.807, 2.05) is 27.7 Å². The standard InChI is InChI=1S/C22H26O6S2/c1-15-5-9-19(10-6-15)29(23,24)27-13-21-17(3)18(4)22(21)14-28-30(25,26)20-11-7-16(2)8-12-20/h5-12,21-22H,13-14H2,1-4H3. The van der Waals surface area contributed by atoms with Crippen LogP contribution in [-0.2, 0) is 28.6 Å². The molecular weight excluding hydrogens is 424 g/mol. The van der Waals surface area contributed by atoms with Gasteiger partial charge >= 0.3 is 0 Å². The van der Waals surface area contributed by atoms with Crippen LogP contribution in [0.1, 0.15) is 25.0 Å². The minimum Gasteiger partial charge on any atom is -0.266 e. The van der Waals surface area contributed by atoms with E-state index in [0.717, 1.165) is 22.3 Å². The molecule has 0 N–H and O–H groups in total. The summed E-state index contributed by atoms with van der Waals surface area (Å²) >= 11 is 0. The third-order valence-corrected chi connectivity index (χ3v) is 8.24. The predicted molar refractivity (Wildman–Crippen MR) is 114 cm³/mol. The molecule has 0 aliphatic heterocycles. The Hall–Kier alpha value is -2.00. The highest BCUT2D eigenvalue weighted by Crippen LogP contribution is 2.41. The van der Waals surface area contributed by atoms with Gasteiger partial charge in [-0.15, -0.1) is 0 Å². The fraction of sp³-hybridized carbons (Fsp3) is 0.364. The average molecular weight is 451 g/mol. The second-order valence-electron chi connectivity index (χ2n) is 7.68. The predicted octanol–water partition coefficient (Wildman–Crippen LogP) is 4.00. The van der Waals surface area contributed by atoms with Gasteiger partial charge in [0, 0.05) is 11.8 Å². The molecule has 3 rings (SSSR count). The van der Waals surface area contributed by atoms with Crippen LogP contribution in [-0.4, -0.2) is 30.0 Å². The molecule has 30 heavy (non-hydrogen) atoms. The fourth-order valence-electron chi connectivity index (χ4n) is 3.45. The van der Waals surface area contributed by atoms with E-state index in [9.17, 15) is 16.8 Å². The Morgan fingerprint density at radius 1 is 0.600 bits per heavy atom. The lowest BCUT2D eigenvalue weighted by atomic mass is 9.70. The minimum absolute atomic E-state index is 0.0576. The van der Waals surface area contributed by atoms with Crippen molar-refractivity contribution >= 4 is 20.2 Å². The van der Waals surface area contributed by atoms with E-state index in [0.29, 0.717) is 0 Å². The molecule has 2 unspecified atom stereocenters. The zero-order valence-corrected chi connectivity index (χ0v) is 19.1. The van der Waals surface area contributed by atoms with Crippen molar-refractivity contribution in [3.8, 4) is 0 Å². The summed E-state index contributed by atoms with van der Waals surface area (Å²) in [6, 6.07) is 12.9. The van der Waals surface area contributed by atoms with Gasteiger partial charge in [0.15, 0.2) is 0 Å². The van der Waals surface area contributed by atoms with Gasteiger partial charge in [-0.25, -0.2) is 0 Å². The lowest BCUT2D eigenvalue weighted by molar-refractivity contribution is 0.162. The number of benzene rings is 2. The lowest BCUT2D eigenvalue weighted by Crippen LogP contribution is -2.36. The van der Waals surface area contributed by atoms with Gasteiger partial charge < -0.3 is 0 Å². The van der Waals surface area contributed by atoms with Crippen LogP contribution in [0.4, 0.5) is 0 Å². The van der Waals surface area contributed by atoms with Gasteiger partial charge in [-0.05, 0) is 52.0 Å². The van der Waals surface area contributed by atoms with Crippen molar-refractivity contribution in [2.45, 2.75) is 37.5 Å². The fourth-order valence-corrected chi connectivity index (χ4v) is 5.31. The molecule has 0 radical (unpaired) electrons. The van der Waals surface area contributed by atoms with E-state index in [2.05, 4.69) is 0 Å². The van der Waals surface area contributed by atoms with Crippen LogP contribution < -0.4 is 0 Å². The maximum Gasteiger partial charge on any atom is 0.296 e. The van der Waals surface area contributed by atoms with Gasteiger partial charge in [-0.3, -0.25) is 8.37 Å². The van der Waals surface area contributed by atoms with Gasteiger partial charge in [0.2, 0.25) is 0 Å². The van der Waals surface area contributed by atoms with Crippen LogP contribution in [0, 0.1) is 25.7 Å². The molecule has 8 heteroatoms. The van der Waals surface area contributed by atoms with Crippen molar-refractivity contribution in [1.82, 2.24) is 0 Å². The Bertz CT molecular complexity index is 1050. The van der Waals surface area contributed by atoms with Crippen molar-refractivity contribution < 1.29 is 25.2 Å². The van der Waals surface area contributed by atoms with Gasteiger partial charge in [0.25, 0.3) is 20.2 Å². The highest BCUT2D eigenvalue weighted by molar-refractivity contribution is 7.87. The smallest absolute Gasteiger partial charge is 0.266 e. The lowest BCUT2D eigenvalue weighted by Gasteiger charge is -2.38. The Balaban J connectivity index is 1.65. The average Bonchev–Trinajstić information content (AvgIpc) is 2.70. The van der Waals surface area contributed by atoms with Crippen LogP contribution in [0.5, 0.6) is 0 Å². The summed E-state index contributed by atoms with van der Waals surface area (Å²) in [5.74, 6) is -0.447. The van der Waals surface area contributed by atoms with Crippen molar-refractivity contribution in [2.24, 2.45) is 11.8 Å². The summed E-state index contributed by atoms with van der Waals surface area (Å²) in [6.07, 6.45) is 0. The van der Waals surface area contributed by atoms with Gasteiger partial charge in [-0.2, -0.15) is 16.8 Å². The van der Waals surface area contributed by atoms with E-state index < -0.39 is 20.2 Å². The molecule has 0 saturated heterocycles. The second kappa shape index (κ2) is 8.63. The van der Waals surface area contributed by atoms with Gasteiger partial charge in [0.1, 0.15) is 0 Å². The molecule has 2 atom stereocenters. The summed E-state index contributed by atoms with van der Waals surface area (Å²) in [5, 5.41) is 0. The third kappa shape index (κ3) is 4.83. The molecule has 162 valence electrons. The van der Waals surface area contributed by atoms with Crippen molar-refractivity contribution in [2.75, 3.05) is 13.2 Å². The summed E-state index contributed by atoms with van der Waals surface area (Å²) < 4.78 is 60.3. The molecule has 0 amide bonds. The Kier molecular flexibility index (Phi) is 6.52. The summed E-state index contributed by atoms with van der Waals surface area (Å²) in [6.45, 7) is 7.42. The first-order valence-electron chi connectivity index (χ1n) is 9.61. The summed E-state index contributed by atoms with van der Waals surface area (Å²) in [5.41, 5.74) is 3.90.